The van der Waals surface area contributed by atoms with Crippen molar-refractivity contribution in [2.24, 2.45) is 0 Å². The number of carbonyl (C=O) groups excluding carboxylic acids is 1. The number of fused-ring (bicyclic) bond motifs is 3. The first kappa shape index (κ1) is 17.9. The maximum absolute atomic E-state index is 12.8. The minimum atomic E-state index is -0.289. The van der Waals surface area contributed by atoms with Gasteiger partial charge in [-0.2, -0.15) is 0 Å². The number of nitrogens with one attached hydrogen (secondary N) is 1. The van der Waals surface area contributed by atoms with Gasteiger partial charge in [-0.15, -0.1) is 0 Å². The number of hydrogen-bond donors (Lipinski definition) is 1. The van der Waals surface area contributed by atoms with Crippen molar-refractivity contribution in [1.29, 1.82) is 0 Å². The zero-order valence-electron chi connectivity index (χ0n) is 16.0. The monoisotopic (exact) mass is 375 g/mol. The van der Waals surface area contributed by atoms with Gasteiger partial charge in [-0.3, -0.25) is 4.79 Å². The summed E-state index contributed by atoms with van der Waals surface area (Å²) in [4.78, 5) is 12.8. The van der Waals surface area contributed by atoms with Crippen molar-refractivity contribution in [1.82, 2.24) is 5.32 Å². The quantitative estimate of drug-likeness (QED) is 0.527. The highest BCUT2D eigenvalue weighted by Crippen LogP contribution is 2.31. The molecule has 28 heavy (non-hydrogen) atoms. The molecule has 0 bridgehead atoms. The zero-order chi connectivity index (χ0) is 19.7. The SMILES string of the molecule is COc1ccc(OC)c([C@@H](C)NC(=O)c2cc3c(ccc4ccccc43)o2)c1. The van der Waals surface area contributed by atoms with Crippen molar-refractivity contribution in [2.75, 3.05) is 14.2 Å². The van der Waals surface area contributed by atoms with Gasteiger partial charge < -0.3 is 19.2 Å². The fourth-order valence-electron chi connectivity index (χ4n) is 3.43. The molecule has 0 unspecified atom stereocenters. The molecule has 4 aromatic rings. The molecule has 0 fully saturated rings. The molecule has 0 radical (unpaired) electrons. The lowest BCUT2D eigenvalue weighted by molar-refractivity contribution is 0.0913. The molecule has 1 amide bonds. The van der Waals surface area contributed by atoms with Crippen LogP contribution in [0.3, 0.4) is 0 Å². The highest BCUT2D eigenvalue weighted by molar-refractivity contribution is 6.08. The third kappa shape index (κ3) is 3.16. The minimum absolute atomic E-state index is 0.278. The molecular formula is C23H21NO4. The van der Waals surface area contributed by atoms with Crippen LogP contribution in [-0.4, -0.2) is 20.1 Å². The topological polar surface area (TPSA) is 60.7 Å². The van der Waals surface area contributed by atoms with Gasteiger partial charge in [0.15, 0.2) is 5.76 Å². The Morgan fingerprint density at radius 3 is 2.57 bits per heavy atom. The second-order valence-electron chi connectivity index (χ2n) is 6.61. The second-order valence-corrected chi connectivity index (χ2v) is 6.61. The van der Waals surface area contributed by atoms with E-state index in [-0.39, 0.29) is 17.7 Å². The summed E-state index contributed by atoms with van der Waals surface area (Å²) >= 11 is 0. The Kier molecular flexibility index (Phi) is 4.65. The highest BCUT2D eigenvalue weighted by Gasteiger charge is 2.19. The average Bonchev–Trinajstić information content (AvgIpc) is 3.18. The molecule has 142 valence electrons. The van der Waals surface area contributed by atoms with Crippen LogP contribution in [0.4, 0.5) is 0 Å². The highest BCUT2D eigenvalue weighted by atomic mass is 16.5. The van der Waals surface area contributed by atoms with Crippen LogP contribution in [0.15, 0.2) is 65.1 Å². The fourth-order valence-corrected chi connectivity index (χ4v) is 3.43. The number of rotatable bonds is 5. The number of ether oxygens (including phenoxy) is 2. The van der Waals surface area contributed by atoms with Crippen molar-refractivity contribution in [3.8, 4) is 11.5 Å². The summed E-state index contributed by atoms with van der Waals surface area (Å²) in [5.41, 5.74) is 1.52. The number of benzene rings is 3. The van der Waals surface area contributed by atoms with Crippen LogP contribution < -0.4 is 14.8 Å². The Balaban J connectivity index is 1.64. The molecule has 0 aliphatic heterocycles. The lowest BCUT2D eigenvalue weighted by Gasteiger charge is -2.17. The van der Waals surface area contributed by atoms with Crippen molar-refractivity contribution < 1.29 is 18.7 Å². The number of amides is 1. The second kappa shape index (κ2) is 7.27. The summed E-state index contributed by atoms with van der Waals surface area (Å²) in [6.45, 7) is 1.90. The largest absolute Gasteiger partial charge is 0.497 e. The Bertz CT molecular complexity index is 1160. The van der Waals surface area contributed by atoms with Crippen molar-refractivity contribution >= 4 is 27.6 Å². The summed E-state index contributed by atoms with van der Waals surface area (Å²) < 4.78 is 16.5. The van der Waals surface area contributed by atoms with Gasteiger partial charge in [-0.25, -0.2) is 0 Å². The van der Waals surface area contributed by atoms with Crippen LogP contribution in [0.1, 0.15) is 29.1 Å². The van der Waals surface area contributed by atoms with Crippen LogP contribution in [0.5, 0.6) is 11.5 Å². The van der Waals surface area contributed by atoms with Gasteiger partial charge >= 0.3 is 0 Å². The molecule has 1 heterocycles. The number of methoxy groups -OCH3 is 2. The maximum atomic E-state index is 12.8. The van der Waals surface area contributed by atoms with Gasteiger partial charge in [-0.1, -0.05) is 30.3 Å². The van der Waals surface area contributed by atoms with E-state index in [0.717, 1.165) is 21.7 Å². The molecule has 0 aliphatic carbocycles. The van der Waals surface area contributed by atoms with Crippen LogP contribution in [0, 0.1) is 0 Å². The first-order valence-corrected chi connectivity index (χ1v) is 9.05. The van der Waals surface area contributed by atoms with E-state index in [9.17, 15) is 4.79 Å². The van der Waals surface area contributed by atoms with Gasteiger partial charge in [0, 0.05) is 10.9 Å². The number of furan rings is 1. The molecule has 1 atom stereocenters. The molecule has 3 aromatic carbocycles. The first-order chi connectivity index (χ1) is 13.6. The molecule has 0 aliphatic rings. The first-order valence-electron chi connectivity index (χ1n) is 9.05. The van der Waals surface area contributed by atoms with E-state index in [1.165, 1.54) is 0 Å². The Morgan fingerprint density at radius 1 is 0.964 bits per heavy atom. The van der Waals surface area contributed by atoms with Gasteiger partial charge in [0.05, 0.1) is 20.3 Å². The molecule has 1 aromatic heterocycles. The number of carbonyl (C=O) groups is 1. The van der Waals surface area contributed by atoms with E-state index in [2.05, 4.69) is 5.32 Å². The average molecular weight is 375 g/mol. The van der Waals surface area contributed by atoms with Crippen molar-refractivity contribution in [3.05, 3.63) is 72.0 Å². The summed E-state index contributed by atoms with van der Waals surface area (Å²) in [5, 5.41) is 6.07. The summed E-state index contributed by atoms with van der Waals surface area (Å²) in [6, 6.07) is 18.9. The Morgan fingerprint density at radius 2 is 1.79 bits per heavy atom. The summed E-state index contributed by atoms with van der Waals surface area (Å²) in [7, 11) is 3.21. The molecule has 0 saturated carbocycles. The van der Waals surface area contributed by atoms with E-state index in [4.69, 9.17) is 13.9 Å². The van der Waals surface area contributed by atoms with E-state index in [1.54, 1.807) is 20.3 Å². The van der Waals surface area contributed by atoms with E-state index >= 15 is 0 Å². The Labute approximate surface area is 162 Å². The third-order valence-electron chi connectivity index (χ3n) is 4.90. The molecular weight excluding hydrogens is 354 g/mol. The molecule has 0 spiro atoms. The number of hydrogen-bond acceptors (Lipinski definition) is 4. The van der Waals surface area contributed by atoms with E-state index < -0.39 is 0 Å². The molecule has 1 N–H and O–H groups in total. The molecule has 5 heteroatoms. The van der Waals surface area contributed by atoms with Crippen LogP contribution in [0.25, 0.3) is 21.7 Å². The van der Waals surface area contributed by atoms with Crippen LogP contribution in [-0.2, 0) is 0 Å². The van der Waals surface area contributed by atoms with Crippen LogP contribution >= 0.6 is 0 Å². The smallest absolute Gasteiger partial charge is 0.287 e. The summed E-state index contributed by atoms with van der Waals surface area (Å²) in [6.07, 6.45) is 0. The Hall–Kier alpha value is -3.47. The van der Waals surface area contributed by atoms with Crippen molar-refractivity contribution in [3.63, 3.8) is 0 Å². The van der Waals surface area contributed by atoms with Crippen molar-refractivity contribution in [2.45, 2.75) is 13.0 Å². The molecule has 5 nitrogen and oxygen atoms in total. The van der Waals surface area contributed by atoms with Gasteiger partial charge in [0.1, 0.15) is 17.1 Å². The van der Waals surface area contributed by atoms with Gasteiger partial charge in [-0.05, 0) is 48.0 Å². The van der Waals surface area contributed by atoms with E-state index in [0.29, 0.717) is 17.1 Å². The van der Waals surface area contributed by atoms with Gasteiger partial charge in [0.2, 0.25) is 0 Å². The minimum Gasteiger partial charge on any atom is -0.497 e. The lowest BCUT2D eigenvalue weighted by atomic mass is 10.1. The molecule has 0 saturated heterocycles. The normalized spacial score (nSPS) is 12.1. The van der Waals surface area contributed by atoms with Crippen LogP contribution in [0.2, 0.25) is 0 Å². The summed E-state index contributed by atoms with van der Waals surface area (Å²) in [5.74, 6) is 1.38. The zero-order valence-corrected chi connectivity index (χ0v) is 16.0. The molecule has 4 rings (SSSR count). The standard InChI is InChI=1S/C23H21NO4/c1-14(18-12-16(26-2)9-11-20(18)27-3)24-23(25)22-13-19-17-7-5-4-6-15(17)8-10-21(19)28-22/h4-14H,1-3H3,(H,24,25)/t14-/m1/s1. The predicted molar refractivity (Wildman–Crippen MR) is 109 cm³/mol. The van der Waals surface area contributed by atoms with E-state index in [1.807, 2.05) is 61.5 Å². The maximum Gasteiger partial charge on any atom is 0.287 e. The third-order valence-corrected chi connectivity index (χ3v) is 4.90. The van der Waals surface area contributed by atoms with Gasteiger partial charge in [0.25, 0.3) is 5.91 Å². The fraction of sp³-hybridized carbons (Fsp3) is 0.174. The predicted octanol–water partition coefficient (Wildman–Crippen LogP) is 5.09. The lowest BCUT2D eigenvalue weighted by Crippen LogP contribution is -2.26.